The van der Waals surface area contributed by atoms with Crippen LogP contribution in [0.15, 0.2) is 36.4 Å². The van der Waals surface area contributed by atoms with Gasteiger partial charge in [0, 0.05) is 17.5 Å². The zero-order valence-corrected chi connectivity index (χ0v) is 14.7. The Labute approximate surface area is 146 Å². The van der Waals surface area contributed by atoms with Crippen molar-refractivity contribution in [3.05, 3.63) is 47.5 Å². The summed E-state index contributed by atoms with van der Waals surface area (Å²) in [6.07, 6.45) is -0.0851. The molecule has 2 aromatic carbocycles. The number of rotatable bonds is 8. The van der Waals surface area contributed by atoms with E-state index in [9.17, 15) is 9.90 Å². The number of aliphatic carboxylic acids is 1. The number of carboxylic acids is 1. The van der Waals surface area contributed by atoms with E-state index < -0.39 is 11.9 Å². The van der Waals surface area contributed by atoms with Gasteiger partial charge in [-0.1, -0.05) is 12.1 Å². The quantitative estimate of drug-likeness (QED) is 0.790. The molecule has 2 aromatic rings. The van der Waals surface area contributed by atoms with Crippen molar-refractivity contribution in [2.24, 2.45) is 0 Å². The third-order valence-electron chi connectivity index (χ3n) is 4.00. The van der Waals surface area contributed by atoms with Crippen LogP contribution in [0.4, 0.5) is 0 Å². The number of benzene rings is 2. The molecule has 0 fully saturated rings. The van der Waals surface area contributed by atoms with E-state index in [1.54, 1.807) is 52.7 Å². The van der Waals surface area contributed by atoms with Crippen LogP contribution in [0.3, 0.4) is 0 Å². The Kier molecular flexibility index (Phi) is 6.11. The Morgan fingerprint density at radius 3 is 2.12 bits per heavy atom. The summed E-state index contributed by atoms with van der Waals surface area (Å²) in [6, 6.07) is 10.7. The molecule has 0 bridgehead atoms. The van der Waals surface area contributed by atoms with Crippen molar-refractivity contribution < 1.29 is 28.8 Å². The fourth-order valence-electron chi connectivity index (χ4n) is 2.76. The van der Waals surface area contributed by atoms with E-state index in [-0.39, 0.29) is 6.42 Å². The lowest BCUT2D eigenvalue weighted by atomic mass is 9.87. The molecule has 1 atom stereocenters. The molecule has 25 heavy (non-hydrogen) atoms. The van der Waals surface area contributed by atoms with Crippen LogP contribution in [0, 0.1) is 0 Å². The van der Waals surface area contributed by atoms with Crippen LogP contribution in [0.25, 0.3) is 0 Å². The molecule has 0 saturated carbocycles. The van der Waals surface area contributed by atoms with Gasteiger partial charge in [-0.25, -0.2) is 0 Å². The average Bonchev–Trinajstić information content (AvgIpc) is 2.64. The molecule has 0 saturated heterocycles. The number of ether oxygens (including phenoxy) is 4. The van der Waals surface area contributed by atoms with Crippen molar-refractivity contribution >= 4 is 5.97 Å². The van der Waals surface area contributed by atoms with Crippen LogP contribution in [-0.2, 0) is 4.79 Å². The van der Waals surface area contributed by atoms with E-state index in [1.165, 1.54) is 0 Å². The Morgan fingerprint density at radius 2 is 1.56 bits per heavy atom. The highest BCUT2D eigenvalue weighted by Gasteiger charge is 2.23. The Balaban J connectivity index is 2.55. The van der Waals surface area contributed by atoms with E-state index in [0.29, 0.717) is 23.0 Å². The molecule has 6 heteroatoms. The highest BCUT2D eigenvalue weighted by Crippen LogP contribution is 2.39. The topological polar surface area (TPSA) is 74.2 Å². The predicted octanol–water partition coefficient (Wildman–Crippen LogP) is 3.33. The minimum absolute atomic E-state index is 0.0851. The zero-order chi connectivity index (χ0) is 18.4. The lowest BCUT2D eigenvalue weighted by Gasteiger charge is -2.20. The van der Waals surface area contributed by atoms with Gasteiger partial charge in [0.05, 0.1) is 34.9 Å². The highest BCUT2D eigenvalue weighted by atomic mass is 16.5. The van der Waals surface area contributed by atoms with Crippen molar-refractivity contribution in [3.63, 3.8) is 0 Å². The average molecular weight is 346 g/mol. The molecule has 0 spiro atoms. The van der Waals surface area contributed by atoms with Crippen molar-refractivity contribution in [3.8, 4) is 23.0 Å². The summed E-state index contributed by atoms with van der Waals surface area (Å²) in [5.74, 6) is 1.03. The van der Waals surface area contributed by atoms with Gasteiger partial charge in [-0.3, -0.25) is 4.79 Å². The summed E-state index contributed by atoms with van der Waals surface area (Å²) in [5.41, 5.74) is 1.56. The number of methoxy groups -OCH3 is 4. The van der Waals surface area contributed by atoms with Gasteiger partial charge in [-0.05, 0) is 23.8 Å². The molecule has 0 aliphatic rings. The summed E-state index contributed by atoms with van der Waals surface area (Å²) in [4.78, 5) is 11.4. The van der Waals surface area contributed by atoms with Gasteiger partial charge in [0.2, 0.25) is 0 Å². The van der Waals surface area contributed by atoms with E-state index in [0.717, 1.165) is 11.1 Å². The lowest BCUT2D eigenvalue weighted by molar-refractivity contribution is -0.137. The lowest BCUT2D eigenvalue weighted by Crippen LogP contribution is -2.10. The summed E-state index contributed by atoms with van der Waals surface area (Å²) in [5, 5.41) is 9.38. The largest absolute Gasteiger partial charge is 0.497 e. The van der Waals surface area contributed by atoms with E-state index in [1.807, 2.05) is 12.1 Å². The molecule has 0 unspecified atom stereocenters. The number of carbonyl (C=O) groups is 1. The van der Waals surface area contributed by atoms with Crippen molar-refractivity contribution in [2.75, 3.05) is 28.4 Å². The van der Waals surface area contributed by atoms with Gasteiger partial charge in [0.1, 0.15) is 11.5 Å². The first-order chi connectivity index (χ1) is 12.0. The minimum atomic E-state index is -0.905. The maximum atomic E-state index is 11.4. The highest BCUT2D eigenvalue weighted by molar-refractivity contribution is 5.70. The summed E-state index contributed by atoms with van der Waals surface area (Å²) >= 11 is 0. The molecule has 0 aromatic heterocycles. The van der Waals surface area contributed by atoms with Crippen LogP contribution < -0.4 is 18.9 Å². The first-order valence-corrected chi connectivity index (χ1v) is 7.69. The molecule has 0 radical (unpaired) electrons. The second kappa shape index (κ2) is 8.28. The Bertz CT molecular complexity index is 741. The van der Waals surface area contributed by atoms with E-state index >= 15 is 0 Å². The fraction of sp³-hybridized carbons (Fsp3) is 0.316. The SMILES string of the molecule is COc1ccc([C@@H](CC(=O)O)c2ccc(OC)c(OC)c2)c(OC)c1. The van der Waals surface area contributed by atoms with Gasteiger partial charge in [-0.2, -0.15) is 0 Å². The minimum Gasteiger partial charge on any atom is -0.497 e. The third kappa shape index (κ3) is 4.15. The zero-order valence-electron chi connectivity index (χ0n) is 14.7. The molecule has 134 valence electrons. The van der Waals surface area contributed by atoms with Gasteiger partial charge in [-0.15, -0.1) is 0 Å². The maximum Gasteiger partial charge on any atom is 0.304 e. The van der Waals surface area contributed by atoms with Crippen LogP contribution in [0.5, 0.6) is 23.0 Å². The standard InChI is InChI=1S/C19H22O6/c1-22-13-6-7-14(17(10-13)24-3)15(11-19(20)21)12-5-8-16(23-2)18(9-12)25-4/h5-10,15H,11H2,1-4H3,(H,20,21)/t15-/m0/s1. The smallest absolute Gasteiger partial charge is 0.304 e. The molecule has 6 nitrogen and oxygen atoms in total. The van der Waals surface area contributed by atoms with Crippen LogP contribution in [-0.4, -0.2) is 39.5 Å². The molecule has 1 N–H and O–H groups in total. The molecular weight excluding hydrogens is 324 g/mol. The molecule has 0 aliphatic carbocycles. The molecule has 0 heterocycles. The van der Waals surface area contributed by atoms with Crippen molar-refractivity contribution in [1.29, 1.82) is 0 Å². The first-order valence-electron chi connectivity index (χ1n) is 7.69. The van der Waals surface area contributed by atoms with E-state index in [2.05, 4.69) is 0 Å². The second-order valence-electron chi connectivity index (χ2n) is 5.37. The van der Waals surface area contributed by atoms with Crippen molar-refractivity contribution in [1.82, 2.24) is 0 Å². The molecule has 0 amide bonds. The number of carboxylic acid groups (broad SMARTS) is 1. The summed E-state index contributed by atoms with van der Waals surface area (Å²) in [6.45, 7) is 0. The molecule has 2 rings (SSSR count). The third-order valence-corrected chi connectivity index (χ3v) is 4.00. The fourth-order valence-corrected chi connectivity index (χ4v) is 2.76. The van der Waals surface area contributed by atoms with E-state index in [4.69, 9.17) is 18.9 Å². The predicted molar refractivity (Wildman–Crippen MR) is 93.2 cm³/mol. The number of hydrogen-bond donors (Lipinski definition) is 1. The van der Waals surface area contributed by atoms with Crippen LogP contribution in [0.2, 0.25) is 0 Å². The van der Waals surface area contributed by atoms with Gasteiger partial charge in [0.15, 0.2) is 11.5 Å². The van der Waals surface area contributed by atoms with Gasteiger partial charge >= 0.3 is 5.97 Å². The first kappa shape index (κ1) is 18.4. The normalized spacial score (nSPS) is 11.5. The number of hydrogen-bond acceptors (Lipinski definition) is 5. The Hall–Kier alpha value is -2.89. The molecular formula is C19H22O6. The van der Waals surface area contributed by atoms with Crippen molar-refractivity contribution in [2.45, 2.75) is 12.3 Å². The summed E-state index contributed by atoms with van der Waals surface area (Å²) in [7, 11) is 6.21. The second-order valence-corrected chi connectivity index (χ2v) is 5.37. The molecule has 0 aliphatic heterocycles. The van der Waals surface area contributed by atoms with Gasteiger partial charge in [0.25, 0.3) is 0 Å². The van der Waals surface area contributed by atoms with Crippen LogP contribution in [0.1, 0.15) is 23.5 Å². The maximum absolute atomic E-state index is 11.4. The Morgan fingerprint density at radius 1 is 0.880 bits per heavy atom. The van der Waals surface area contributed by atoms with Crippen LogP contribution >= 0.6 is 0 Å². The monoisotopic (exact) mass is 346 g/mol. The van der Waals surface area contributed by atoms with Gasteiger partial charge < -0.3 is 24.1 Å². The summed E-state index contributed by atoms with van der Waals surface area (Å²) < 4.78 is 21.2.